The minimum absolute atomic E-state index is 0.166. The normalized spacial score (nSPS) is 11.4. The summed E-state index contributed by atoms with van der Waals surface area (Å²) in [7, 11) is 3.07. The summed E-state index contributed by atoms with van der Waals surface area (Å²) in [4.78, 5) is 31.3. The van der Waals surface area contributed by atoms with E-state index in [1.54, 1.807) is 31.4 Å². The highest BCUT2D eigenvalue weighted by Crippen LogP contribution is 2.37. The van der Waals surface area contributed by atoms with Crippen LogP contribution in [0.3, 0.4) is 0 Å². The van der Waals surface area contributed by atoms with E-state index in [1.807, 2.05) is 60.8 Å². The quantitative estimate of drug-likeness (QED) is 0.256. The van der Waals surface area contributed by atoms with E-state index in [1.165, 1.54) is 30.2 Å². The van der Waals surface area contributed by atoms with E-state index in [0.717, 1.165) is 16.2 Å². The fraction of sp³-hybridized carbons (Fsp3) is 0.148. The molecule has 0 bridgehead atoms. The molecule has 1 aromatic heterocycles. The summed E-state index contributed by atoms with van der Waals surface area (Å²) in [5.74, 6) is 0.571. The first-order valence-corrected chi connectivity index (χ1v) is 12.8. The third kappa shape index (κ3) is 6.24. The predicted molar refractivity (Wildman–Crippen MR) is 144 cm³/mol. The van der Waals surface area contributed by atoms with Crippen molar-refractivity contribution in [3.05, 3.63) is 95.0 Å². The number of thiazole rings is 1. The molecule has 3 aromatic carbocycles. The lowest BCUT2D eigenvalue weighted by Gasteiger charge is -2.17. The number of carbonyl (C=O) groups excluding carboxylic acids is 2. The van der Waals surface area contributed by atoms with E-state index in [2.05, 4.69) is 15.6 Å². The van der Waals surface area contributed by atoms with Crippen molar-refractivity contribution in [1.29, 1.82) is 0 Å². The van der Waals surface area contributed by atoms with E-state index in [9.17, 15) is 9.59 Å². The van der Waals surface area contributed by atoms with Crippen LogP contribution in [0.1, 0.15) is 26.9 Å². The maximum Gasteiger partial charge on any atom is 0.255 e. The fourth-order valence-corrected chi connectivity index (χ4v) is 5.22. The summed E-state index contributed by atoms with van der Waals surface area (Å²) in [5.41, 5.74) is 2.78. The zero-order chi connectivity index (χ0) is 25.5. The van der Waals surface area contributed by atoms with Crippen LogP contribution in [0.5, 0.6) is 11.5 Å². The van der Waals surface area contributed by atoms with Gasteiger partial charge >= 0.3 is 0 Å². The molecule has 7 nitrogen and oxygen atoms in total. The Morgan fingerprint density at radius 3 is 2.39 bits per heavy atom. The monoisotopic (exact) mass is 519 g/mol. The largest absolute Gasteiger partial charge is 0.493 e. The average Bonchev–Trinajstić information content (AvgIpc) is 3.31. The molecular weight excluding hydrogens is 494 g/mol. The van der Waals surface area contributed by atoms with Gasteiger partial charge in [0.2, 0.25) is 5.91 Å². The van der Waals surface area contributed by atoms with Crippen molar-refractivity contribution in [2.75, 3.05) is 24.9 Å². The maximum absolute atomic E-state index is 13.2. The number of nitrogens with one attached hydrogen (secondary N) is 2. The smallest absolute Gasteiger partial charge is 0.255 e. The Morgan fingerprint density at radius 1 is 0.917 bits per heavy atom. The van der Waals surface area contributed by atoms with Crippen LogP contribution >= 0.6 is 23.1 Å². The predicted octanol–water partition coefficient (Wildman–Crippen LogP) is 6.19. The summed E-state index contributed by atoms with van der Waals surface area (Å²) < 4.78 is 10.5. The van der Waals surface area contributed by atoms with Gasteiger partial charge in [-0.2, -0.15) is 0 Å². The SMILES string of the molecule is COc1ccc(C(=O)Nc2cccc(SC(C(=O)Nc3nc(C)cs3)c3ccccc3)c2)cc1OC. The van der Waals surface area contributed by atoms with Crippen LogP contribution in [0.15, 0.2) is 83.1 Å². The molecule has 184 valence electrons. The molecule has 0 saturated carbocycles. The highest BCUT2D eigenvalue weighted by molar-refractivity contribution is 8.00. The van der Waals surface area contributed by atoms with Crippen molar-refractivity contribution < 1.29 is 19.1 Å². The molecule has 0 saturated heterocycles. The summed E-state index contributed by atoms with van der Waals surface area (Å²) in [6.45, 7) is 1.89. The number of ether oxygens (including phenoxy) is 2. The number of thioether (sulfide) groups is 1. The van der Waals surface area contributed by atoms with Crippen LogP contribution in [0.4, 0.5) is 10.8 Å². The molecule has 1 heterocycles. The molecule has 1 atom stereocenters. The Balaban J connectivity index is 1.52. The van der Waals surface area contributed by atoms with Crippen LogP contribution in [-0.4, -0.2) is 31.0 Å². The number of nitrogens with zero attached hydrogens (tertiary/aromatic N) is 1. The lowest BCUT2D eigenvalue weighted by Crippen LogP contribution is -2.19. The van der Waals surface area contributed by atoms with Crippen molar-refractivity contribution in [2.24, 2.45) is 0 Å². The van der Waals surface area contributed by atoms with Gasteiger partial charge < -0.3 is 20.1 Å². The summed E-state index contributed by atoms with van der Waals surface area (Å²) in [6, 6.07) is 22.0. The number of anilines is 2. The zero-order valence-corrected chi connectivity index (χ0v) is 21.6. The van der Waals surface area contributed by atoms with E-state index in [-0.39, 0.29) is 11.8 Å². The molecule has 0 aliphatic carbocycles. The third-order valence-electron chi connectivity index (χ3n) is 5.18. The highest BCUT2D eigenvalue weighted by atomic mass is 32.2. The first-order valence-electron chi connectivity index (χ1n) is 11.0. The number of aromatic nitrogens is 1. The lowest BCUT2D eigenvalue weighted by atomic mass is 10.1. The maximum atomic E-state index is 13.2. The molecule has 4 aromatic rings. The standard InChI is InChI=1S/C27H25N3O4S2/c1-17-16-35-27(28-17)30-26(32)24(18-8-5-4-6-9-18)36-21-11-7-10-20(15-21)29-25(31)19-12-13-22(33-2)23(14-19)34-3/h4-16,24H,1-3H3,(H,29,31)(H,28,30,32). The molecule has 36 heavy (non-hydrogen) atoms. The van der Waals surface area contributed by atoms with Crippen molar-refractivity contribution in [1.82, 2.24) is 4.98 Å². The van der Waals surface area contributed by atoms with Crippen LogP contribution < -0.4 is 20.1 Å². The van der Waals surface area contributed by atoms with Crippen LogP contribution in [0, 0.1) is 6.92 Å². The first kappa shape index (κ1) is 25.3. The van der Waals surface area contributed by atoms with E-state index in [4.69, 9.17) is 9.47 Å². The summed E-state index contributed by atoms with van der Waals surface area (Å²) in [6.07, 6.45) is 0. The third-order valence-corrected chi connectivity index (χ3v) is 7.30. The van der Waals surface area contributed by atoms with Gasteiger partial charge in [-0.05, 0) is 48.9 Å². The Hall–Kier alpha value is -3.82. The van der Waals surface area contributed by atoms with Gasteiger partial charge in [-0.25, -0.2) is 4.98 Å². The van der Waals surface area contributed by atoms with Crippen LogP contribution in [0.2, 0.25) is 0 Å². The number of methoxy groups -OCH3 is 2. The zero-order valence-electron chi connectivity index (χ0n) is 20.0. The Labute approximate surface area is 217 Å². The lowest BCUT2D eigenvalue weighted by molar-refractivity contribution is -0.115. The van der Waals surface area contributed by atoms with Crippen LogP contribution in [0.25, 0.3) is 0 Å². The fourth-order valence-electron chi connectivity index (χ4n) is 3.45. The molecule has 0 fully saturated rings. The number of hydrogen-bond donors (Lipinski definition) is 2. The van der Waals surface area contributed by atoms with E-state index in [0.29, 0.717) is 27.9 Å². The number of carbonyl (C=O) groups is 2. The molecule has 0 aliphatic heterocycles. The molecule has 1 unspecified atom stereocenters. The molecule has 4 rings (SSSR count). The highest BCUT2D eigenvalue weighted by Gasteiger charge is 2.23. The molecule has 0 aliphatic rings. The van der Waals surface area contributed by atoms with Crippen molar-refractivity contribution in [3.63, 3.8) is 0 Å². The molecule has 9 heteroatoms. The van der Waals surface area contributed by atoms with Gasteiger partial charge in [0.05, 0.1) is 19.9 Å². The molecule has 2 N–H and O–H groups in total. The number of rotatable bonds is 9. The second-order valence-electron chi connectivity index (χ2n) is 7.74. The Morgan fingerprint density at radius 2 is 1.69 bits per heavy atom. The van der Waals surface area contributed by atoms with Gasteiger partial charge in [0.25, 0.3) is 5.91 Å². The Kier molecular flexibility index (Phi) is 8.24. The van der Waals surface area contributed by atoms with Crippen molar-refractivity contribution >= 4 is 45.7 Å². The first-order chi connectivity index (χ1) is 17.5. The number of aryl methyl sites for hydroxylation is 1. The van der Waals surface area contributed by atoms with Gasteiger partial charge in [0.1, 0.15) is 5.25 Å². The van der Waals surface area contributed by atoms with E-state index >= 15 is 0 Å². The van der Waals surface area contributed by atoms with Gasteiger partial charge in [0, 0.05) is 21.5 Å². The molecule has 0 spiro atoms. The second-order valence-corrected chi connectivity index (χ2v) is 9.78. The minimum atomic E-state index is -0.507. The minimum Gasteiger partial charge on any atom is -0.493 e. The van der Waals surface area contributed by atoms with Gasteiger partial charge in [0.15, 0.2) is 16.6 Å². The number of hydrogen-bond acceptors (Lipinski definition) is 7. The van der Waals surface area contributed by atoms with Gasteiger partial charge in [-0.1, -0.05) is 36.4 Å². The van der Waals surface area contributed by atoms with Crippen LogP contribution in [-0.2, 0) is 4.79 Å². The average molecular weight is 520 g/mol. The van der Waals surface area contributed by atoms with Crippen molar-refractivity contribution in [3.8, 4) is 11.5 Å². The van der Waals surface area contributed by atoms with Crippen molar-refractivity contribution in [2.45, 2.75) is 17.1 Å². The molecule has 2 amide bonds. The summed E-state index contributed by atoms with van der Waals surface area (Å²) in [5, 5.41) is 7.79. The number of benzene rings is 3. The second kappa shape index (κ2) is 11.7. The number of amides is 2. The Bertz CT molecular complexity index is 1360. The van der Waals surface area contributed by atoms with E-state index < -0.39 is 5.25 Å². The molecule has 0 radical (unpaired) electrons. The topological polar surface area (TPSA) is 89.5 Å². The van der Waals surface area contributed by atoms with Gasteiger partial charge in [-0.3, -0.25) is 9.59 Å². The van der Waals surface area contributed by atoms with Gasteiger partial charge in [-0.15, -0.1) is 23.1 Å². The summed E-state index contributed by atoms with van der Waals surface area (Å²) >= 11 is 2.79. The molecular formula is C27H25N3O4S2.